The fourth-order valence-corrected chi connectivity index (χ4v) is 4.03. The molecular weight excluding hydrogens is 471 g/mol. The molecule has 0 aromatic heterocycles. The number of ether oxygens (including phenoxy) is 1. The number of halogens is 3. The molecule has 0 spiro atoms. The van der Waals surface area contributed by atoms with E-state index in [9.17, 15) is 26.4 Å². The fraction of sp³-hybridized carbons (Fsp3) is 0.263. The molecule has 1 amide bonds. The molecule has 8 nitrogen and oxygen atoms in total. The van der Waals surface area contributed by atoms with Crippen LogP contribution in [0.3, 0.4) is 0 Å². The first kappa shape index (κ1) is 23.7. The molecule has 2 N–H and O–H groups in total. The third kappa shape index (κ3) is 6.07. The molecule has 1 aliphatic heterocycles. The molecule has 0 unspecified atom stereocenters. The van der Waals surface area contributed by atoms with E-state index in [2.05, 4.69) is 15.0 Å². The Morgan fingerprint density at radius 2 is 1.97 bits per heavy atom. The van der Waals surface area contributed by atoms with E-state index in [0.29, 0.717) is 11.8 Å². The highest BCUT2D eigenvalue weighted by Crippen LogP contribution is 2.36. The number of nitrogens with one attached hydrogen (secondary N) is 2. The SMILES string of the molecule is CC(C)COC(=O)NC1=Nc2cc(OS(=O)(=O)c3cccc(C(F)(F)F)c3)ccc2NS1. The highest BCUT2D eigenvalue weighted by molar-refractivity contribution is 8.15. The van der Waals surface area contributed by atoms with Crippen LogP contribution in [0.2, 0.25) is 0 Å². The molecule has 0 radical (unpaired) electrons. The predicted molar refractivity (Wildman–Crippen MR) is 113 cm³/mol. The zero-order valence-electron chi connectivity index (χ0n) is 16.8. The van der Waals surface area contributed by atoms with Gasteiger partial charge in [-0.25, -0.2) is 9.79 Å². The molecule has 0 fully saturated rings. The molecule has 13 heteroatoms. The van der Waals surface area contributed by atoms with E-state index >= 15 is 0 Å². The smallest absolute Gasteiger partial charge is 0.416 e. The maximum absolute atomic E-state index is 12.9. The minimum Gasteiger partial charge on any atom is -0.449 e. The van der Waals surface area contributed by atoms with Crippen LogP contribution < -0.4 is 14.2 Å². The summed E-state index contributed by atoms with van der Waals surface area (Å²) >= 11 is 1.01. The van der Waals surface area contributed by atoms with Crippen LogP contribution in [0.25, 0.3) is 0 Å². The summed E-state index contributed by atoms with van der Waals surface area (Å²) in [7, 11) is -4.53. The highest BCUT2D eigenvalue weighted by Gasteiger charge is 2.32. The molecule has 2 aromatic carbocycles. The number of carbonyl (C=O) groups is 1. The molecule has 1 heterocycles. The largest absolute Gasteiger partial charge is 0.449 e. The maximum atomic E-state index is 12.9. The van der Waals surface area contributed by atoms with Crippen molar-refractivity contribution in [3.05, 3.63) is 48.0 Å². The van der Waals surface area contributed by atoms with Gasteiger partial charge in [0, 0.05) is 18.0 Å². The van der Waals surface area contributed by atoms with Gasteiger partial charge in [0.25, 0.3) is 0 Å². The van der Waals surface area contributed by atoms with Gasteiger partial charge in [0.1, 0.15) is 10.6 Å². The molecule has 3 rings (SSSR count). The number of hydrogen-bond acceptors (Lipinski definition) is 8. The average molecular weight is 489 g/mol. The molecule has 1 aliphatic rings. The minimum atomic E-state index is -4.70. The van der Waals surface area contributed by atoms with Crippen molar-refractivity contribution in [3.8, 4) is 5.75 Å². The molecular formula is C19H18F3N3O5S2. The van der Waals surface area contributed by atoms with Crippen molar-refractivity contribution in [1.29, 1.82) is 0 Å². The summed E-state index contributed by atoms with van der Waals surface area (Å²) in [5.74, 6) is -0.0145. The topological polar surface area (TPSA) is 106 Å². The van der Waals surface area contributed by atoms with E-state index in [1.807, 2.05) is 13.8 Å². The molecule has 0 aliphatic carbocycles. The Kier molecular flexibility index (Phi) is 6.88. The van der Waals surface area contributed by atoms with Crippen LogP contribution in [-0.2, 0) is 21.0 Å². The Labute approximate surface area is 186 Å². The Morgan fingerprint density at radius 3 is 2.66 bits per heavy atom. The average Bonchev–Trinajstić information content (AvgIpc) is 2.71. The maximum Gasteiger partial charge on any atom is 0.416 e. The monoisotopic (exact) mass is 489 g/mol. The van der Waals surface area contributed by atoms with Gasteiger partial charge in [-0.2, -0.15) is 21.6 Å². The summed E-state index contributed by atoms with van der Waals surface area (Å²) in [5.41, 5.74) is -0.349. The van der Waals surface area contributed by atoms with Crippen molar-refractivity contribution in [2.75, 3.05) is 11.3 Å². The normalized spacial score (nSPS) is 13.6. The number of nitrogens with zero attached hydrogens (tertiary/aromatic N) is 1. The van der Waals surface area contributed by atoms with Gasteiger partial charge >= 0.3 is 22.4 Å². The third-order valence-electron chi connectivity index (χ3n) is 3.86. The Bertz CT molecular complexity index is 1150. The van der Waals surface area contributed by atoms with Crippen LogP contribution >= 0.6 is 11.9 Å². The quantitative estimate of drug-likeness (QED) is 0.454. The van der Waals surface area contributed by atoms with Crippen LogP contribution in [0.4, 0.5) is 29.3 Å². The van der Waals surface area contributed by atoms with Crippen molar-refractivity contribution in [1.82, 2.24) is 5.32 Å². The number of amidine groups is 1. The Balaban J connectivity index is 1.78. The number of amides is 1. The van der Waals surface area contributed by atoms with Gasteiger partial charge in [-0.05, 0) is 36.2 Å². The molecule has 0 saturated heterocycles. The van der Waals surface area contributed by atoms with E-state index < -0.39 is 32.8 Å². The number of benzene rings is 2. The first-order chi connectivity index (χ1) is 14.9. The number of hydrogen-bond donors (Lipinski definition) is 2. The molecule has 0 atom stereocenters. The summed E-state index contributed by atoms with van der Waals surface area (Å²) in [6.45, 7) is 3.99. The third-order valence-corrected chi connectivity index (χ3v) is 5.81. The number of alkyl carbamates (subject to hydrolysis) is 1. The van der Waals surface area contributed by atoms with Crippen molar-refractivity contribution in [2.45, 2.75) is 24.9 Å². The molecule has 0 bridgehead atoms. The lowest BCUT2D eigenvalue weighted by Crippen LogP contribution is -2.31. The van der Waals surface area contributed by atoms with Crippen molar-refractivity contribution < 1.29 is 35.3 Å². The second-order valence-electron chi connectivity index (χ2n) is 6.98. The highest BCUT2D eigenvalue weighted by atomic mass is 32.2. The van der Waals surface area contributed by atoms with E-state index in [1.54, 1.807) is 0 Å². The second-order valence-corrected chi connectivity index (χ2v) is 9.32. The first-order valence-electron chi connectivity index (χ1n) is 9.15. The van der Waals surface area contributed by atoms with Gasteiger partial charge in [0.2, 0.25) is 0 Å². The van der Waals surface area contributed by atoms with Gasteiger partial charge in [0.15, 0.2) is 5.17 Å². The molecule has 32 heavy (non-hydrogen) atoms. The number of fused-ring (bicyclic) bond motifs is 1. The Morgan fingerprint density at radius 1 is 1.22 bits per heavy atom. The second kappa shape index (κ2) is 9.28. The van der Waals surface area contributed by atoms with Crippen LogP contribution in [0.5, 0.6) is 5.75 Å². The minimum absolute atomic E-state index is 0.152. The van der Waals surface area contributed by atoms with Crippen molar-refractivity contribution in [3.63, 3.8) is 0 Å². The molecule has 172 valence electrons. The lowest BCUT2D eigenvalue weighted by Gasteiger charge is -2.18. The zero-order chi connectivity index (χ0) is 23.5. The van der Waals surface area contributed by atoms with E-state index in [1.165, 1.54) is 18.2 Å². The van der Waals surface area contributed by atoms with Gasteiger partial charge in [-0.15, -0.1) is 0 Å². The number of aliphatic imine (C=N–C) groups is 1. The predicted octanol–water partition coefficient (Wildman–Crippen LogP) is 4.92. The van der Waals surface area contributed by atoms with Gasteiger partial charge in [0.05, 0.1) is 23.5 Å². The zero-order valence-corrected chi connectivity index (χ0v) is 18.4. The summed E-state index contributed by atoms with van der Waals surface area (Å²) in [6, 6.07) is 7.32. The lowest BCUT2D eigenvalue weighted by atomic mass is 10.2. The summed E-state index contributed by atoms with van der Waals surface area (Å²) < 4.78 is 76.5. The van der Waals surface area contributed by atoms with Gasteiger partial charge in [-0.1, -0.05) is 19.9 Å². The number of rotatable bonds is 5. The number of carbonyl (C=O) groups excluding carboxylic acids is 1. The van der Waals surface area contributed by atoms with Gasteiger partial charge in [-0.3, -0.25) is 5.32 Å². The summed E-state index contributed by atoms with van der Waals surface area (Å²) in [6.07, 6.45) is -5.40. The van der Waals surface area contributed by atoms with Gasteiger partial charge < -0.3 is 13.6 Å². The fourth-order valence-electron chi connectivity index (χ4n) is 2.40. The van der Waals surface area contributed by atoms with E-state index in [-0.39, 0.29) is 29.1 Å². The molecule has 0 saturated carbocycles. The standard InChI is InChI=1S/C19H18F3N3O5S2/c1-11(2)10-29-18(26)24-17-23-16-9-13(6-7-15(16)25-31-17)30-32(27,28)14-5-3-4-12(8-14)19(20,21)22/h3-9,11,25H,10H2,1-2H3,(H,23,24,26). The van der Waals surface area contributed by atoms with E-state index in [4.69, 9.17) is 8.92 Å². The van der Waals surface area contributed by atoms with E-state index in [0.717, 1.165) is 30.1 Å². The summed E-state index contributed by atoms with van der Waals surface area (Å²) in [4.78, 5) is 15.4. The van der Waals surface area contributed by atoms with Crippen molar-refractivity contribution >= 4 is 44.7 Å². The van der Waals surface area contributed by atoms with Crippen LogP contribution in [0.15, 0.2) is 52.4 Å². The lowest BCUT2D eigenvalue weighted by molar-refractivity contribution is -0.137. The summed E-state index contributed by atoms with van der Waals surface area (Å²) in [5, 5.41) is 2.61. The molecule has 2 aromatic rings. The number of alkyl halides is 3. The van der Waals surface area contributed by atoms with Crippen molar-refractivity contribution in [2.24, 2.45) is 10.9 Å². The first-order valence-corrected chi connectivity index (χ1v) is 11.4. The van der Waals surface area contributed by atoms with Crippen LogP contribution in [0, 0.1) is 5.92 Å². The Hall–Kier alpha value is -2.93. The van der Waals surface area contributed by atoms with Crippen LogP contribution in [0.1, 0.15) is 19.4 Å². The number of anilines is 1. The van der Waals surface area contributed by atoms with Crippen LogP contribution in [-0.4, -0.2) is 26.3 Å².